The van der Waals surface area contributed by atoms with Gasteiger partial charge in [-0.25, -0.2) is 0 Å². The molecule has 0 radical (unpaired) electrons. The fraction of sp³-hybridized carbons (Fsp3) is 0.533. The lowest BCUT2D eigenvalue weighted by Gasteiger charge is -2.44. The van der Waals surface area contributed by atoms with E-state index in [1.54, 1.807) is 6.07 Å². The molecule has 3 N–H and O–H groups in total. The molecule has 0 aromatic heterocycles. The highest BCUT2D eigenvalue weighted by Gasteiger charge is 2.35. The molecule has 2 saturated heterocycles. The number of rotatable bonds is 2. The second-order valence-corrected chi connectivity index (χ2v) is 6.38. The first-order valence-corrected chi connectivity index (χ1v) is 7.76. The van der Waals surface area contributed by atoms with E-state index in [0.717, 1.165) is 18.8 Å². The molecule has 0 saturated carbocycles. The van der Waals surface area contributed by atoms with Crippen molar-refractivity contribution >= 4 is 23.1 Å². The molecular formula is C15H21ClN4O. The number of oxime groups is 1. The van der Waals surface area contributed by atoms with Gasteiger partial charge in [0.25, 0.3) is 0 Å². The van der Waals surface area contributed by atoms with Gasteiger partial charge in [0.1, 0.15) is 0 Å². The number of amidine groups is 1. The van der Waals surface area contributed by atoms with Crippen LogP contribution in [0.3, 0.4) is 0 Å². The number of nitrogens with two attached hydrogens (primary N) is 1. The smallest absolute Gasteiger partial charge is 0.172 e. The molecule has 2 aliphatic rings. The van der Waals surface area contributed by atoms with Crippen LogP contribution in [0.1, 0.15) is 25.3 Å². The average molecular weight is 309 g/mol. The third-order valence-corrected chi connectivity index (χ3v) is 4.82. The molecule has 6 heteroatoms. The van der Waals surface area contributed by atoms with E-state index in [0.29, 0.717) is 22.7 Å². The summed E-state index contributed by atoms with van der Waals surface area (Å²) < 4.78 is 0. The van der Waals surface area contributed by atoms with Gasteiger partial charge in [0, 0.05) is 41.4 Å². The van der Waals surface area contributed by atoms with Crippen molar-refractivity contribution in [2.75, 3.05) is 24.5 Å². The van der Waals surface area contributed by atoms with Gasteiger partial charge in [0.15, 0.2) is 5.84 Å². The average Bonchev–Trinajstić information content (AvgIpc) is 2.92. The van der Waals surface area contributed by atoms with Gasteiger partial charge >= 0.3 is 0 Å². The zero-order chi connectivity index (χ0) is 15.0. The van der Waals surface area contributed by atoms with E-state index < -0.39 is 0 Å². The van der Waals surface area contributed by atoms with E-state index >= 15 is 0 Å². The number of hydrogen-bond acceptors (Lipinski definition) is 4. The molecule has 2 fully saturated rings. The van der Waals surface area contributed by atoms with Crippen LogP contribution in [0.2, 0.25) is 5.02 Å². The summed E-state index contributed by atoms with van der Waals surface area (Å²) in [7, 11) is 0. The third kappa shape index (κ3) is 2.68. The van der Waals surface area contributed by atoms with Crippen molar-refractivity contribution in [2.24, 2.45) is 10.9 Å². The molecule has 0 amide bonds. The molecule has 2 aliphatic heterocycles. The van der Waals surface area contributed by atoms with Crippen molar-refractivity contribution in [3.05, 3.63) is 28.8 Å². The Balaban J connectivity index is 1.95. The Morgan fingerprint density at radius 1 is 1.43 bits per heavy atom. The van der Waals surface area contributed by atoms with Crippen molar-refractivity contribution in [1.29, 1.82) is 0 Å². The Kier molecular flexibility index (Phi) is 3.95. The summed E-state index contributed by atoms with van der Waals surface area (Å²) in [6.07, 6.45) is 2.52. The van der Waals surface area contributed by atoms with Crippen LogP contribution in [0.5, 0.6) is 0 Å². The number of halogens is 1. The Hall–Kier alpha value is -1.46. The van der Waals surface area contributed by atoms with Crippen LogP contribution in [0.25, 0.3) is 0 Å². The van der Waals surface area contributed by atoms with E-state index in [9.17, 15) is 0 Å². The Morgan fingerprint density at radius 3 is 3.00 bits per heavy atom. The number of nitrogens with zero attached hydrogens (tertiary/aromatic N) is 3. The highest BCUT2D eigenvalue weighted by molar-refractivity contribution is 6.31. The first-order valence-electron chi connectivity index (χ1n) is 7.38. The topological polar surface area (TPSA) is 65.1 Å². The lowest BCUT2D eigenvalue weighted by Crippen LogP contribution is -2.55. The number of fused-ring (bicyclic) bond motifs is 1. The van der Waals surface area contributed by atoms with Crippen LogP contribution in [0, 0.1) is 0 Å². The molecule has 2 atom stereocenters. The van der Waals surface area contributed by atoms with Crippen LogP contribution in [-0.4, -0.2) is 47.7 Å². The number of hydrogen-bond donors (Lipinski definition) is 2. The normalized spacial score (nSPS) is 27.0. The summed E-state index contributed by atoms with van der Waals surface area (Å²) in [4.78, 5) is 4.93. The van der Waals surface area contributed by atoms with Crippen molar-refractivity contribution in [3.63, 3.8) is 0 Å². The van der Waals surface area contributed by atoms with Crippen LogP contribution < -0.4 is 10.6 Å². The highest BCUT2D eigenvalue weighted by Crippen LogP contribution is 2.32. The van der Waals surface area contributed by atoms with Crippen molar-refractivity contribution < 1.29 is 5.21 Å². The predicted molar refractivity (Wildman–Crippen MR) is 85.4 cm³/mol. The summed E-state index contributed by atoms with van der Waals surface area (Å²) in [5.74, 6) is 0.105. The molecule has 2 heterocycles. The largest absolute Gasteiger partial charge is 0.409 e. The fourth-order valence-corrected chi connectivity index (χ4v) is 3.71. The monoisotopic (exact) mass is 308 g/mol. The van der Waals surface area contributed by atoms with Crippen LogP contribution in [0.4, 0.5) is 5.69 Å². The maximum Gasteiger partial charge on any atom is 0.172 e. The van der Waals surface area contributed by atoms with Gasteiger partial charge in [0.05, 0.1) is 0 Å². The number of piperazine rings is 1. The van der Waals surface area contributed by atoms with Gasteiger partial charge in [-0.2, -0.15) is 0 Å². The molecule has 1 aromatic carbocycles. The van der Waals surface area contributed by atoms with Gasteiger partial charge in [-0.15, -0.1) is 0 Å². The molecule has 114 valence electrons. The molecular weight excluding hydrogens is 288 g/mol. The summed E-state index contributed by atoms with van der Waals surface area (Å²) in [5, 5.41) is 12.7. The quantitative estimate of drug-likeness (QED) is 0.380. The number of benzene rings is 1. The zero-order valence-electron chi connectivity index (χ0n) is 12.2. The second kappa shape index (κ2) is 5.73. The summed E-state index contributed by atoms with van der Waals surface area (Å²) in [6, 6.07) is 6.60. The first-order chi connectivity index (χ1) is 10.1. The Labute approximate surface area is 130 Å². The SMILES string of the molecule is CC1CN2CCCC2CN1c1ccc(Cl)cc1/C(N)=N/O. The standard InChI is InChI=1S/C15H21ClN4O/c1-10-8-19-6-2-3-12(19)9-20(10)14-5-4-11(16)7-13(14)15(17)18-21/h4-5,7,10,12,21H,2-3,6,8-9H2,1H3,(H2,17,18). The lowest BCUT2D eigenvalue weighted by atomic mass is 10.0. The molecule has 0 aliphatic carbocycles. The molecule has 3 rings (SSSR count). The Bertz CT molecular complexity index is 563. The van der Waals surface area contributed by atoms with Crippen molar-refractivity contribution in [2.45, 2.75) is 31.8 Å². The molecule has 2 unspecified atom stereocenters. The fourth-order valence-electron chi connectivity index (χ4n) is 3.54. The summed E-state index contributed by atoms with van der Waals surface area (Å²) >= 11 is 6.06. The summed E-state index contributed by atoms with van der Waals surface area (Å²) in [5.41, 5.74) is 7.52. The predicted octanol–water partition coefficient (Wildman–Crippen LogP) is 2.11. The highest BCUT2D eigenvalue weighted by atomic mass is 35.5. The zero-order valence-corrected chi connectivity index (χ0v) is 12.9. The van der Waals surface area contributed by atoms with Gasteiger partial charge in [-0.3, -0.25) is 4.90 Å². The van der Waals surface area contributed by atoms with Crippen molar-refractivity contribution in [1.82, 2.24) is 4.90 Å². The minimum Gasteiger partial charge on any atom is -0.409 e. The van der Waals surface area contributed by atoms with Gasteiger partial charge in [-0.05, 0) is 44.5 Å². The maximum atomic E-state index is 9.01. The molecule has 0 bridgehead atoms. The molecule has 5 nitrogen and oxygen atoms in total. The van der Waals surface area contributed by atoms with E-state index in [4.69, 9.17) is 22.5 Å². The van der Waals surface area contributed by atoms with Crippen LogP contribution >= 0.6 is 11.6 Å². The second-order valence-electron chi connectivity index (χ2n) is 5.94. The Morgan fingerprint density at radius 2 is 2.24 bits per heavy atom. The van der Waals surface area contributed by atoms with E-state index in [2.05, 4.69) is 21.9 Å². The van der Waals surface area contributed by atoms with Gasteiger partial charge in [0.2, 0.25) is 0 Å². The minimum absolute atomic E-state index is 0.105. The lowest BCUT2D eigenvalue weighted by molar-refractivity contribution is 0.203. The van der Waals surface area contributed by atoms with Crippen LogP contribution in [-0.2, 0) is 0 Å². The molecule has 21 heavy (non-hydrogen) atoms. The summed E-state index contributed by atoms with van der Waals surface area (Å²) in [6.45, 7) is 5.47. The molecule has 0 spiro atoms. The van der Waals surface area contributed by atoms with Crippen molar-refractivity contribution in [3.8, 4) is 0 Å². The van der Waals surface area contributed by atoms with E-state index in [1.165, 1.54) is 19.4 Å². The first kappa shape index (κ1) is 14.5. The number of anilines is 1. The van der Waals surface area contributed by atoms with E-state index in [1.807, 2.05) is 12.1 Å². The maximum absolute atomic E-state index is 9.01. The molecule has 1 aromatic rings. The van der Waals surface area contributed by atoms with Gasteiger partial charge in [-0.1, -0.05) is 16.8 Å². The van der Waals surface area contributed by atoms with Crippen LogP contribution in [0.15, 0.2) is 23.4 Å². The third-order valence-electron chi connectivity index (χ3n) is 4.59. The van der Waals surface area contributed by atoms with E-state index in [-0.39, 0.29) is 5.84 Å². The minimum atomic E-state index is 0.105. The van der Waals surface area contributed by atoms with Gasteiger partial charge < -0.3 is 15.8 Å².